The van der Waals surface area contributed by atoms with Gasteiger partial charge in [-0.05, 0) is 48.1 Å². The first kappa shape index (κ1) is 20.8. The summed E-state index contributed by atoms with van der Waals surface area (Å²) in [6.07, 6.45) is 0. The lowest BCUT2D eigenvalue weighted by molar-refractivity contribution is 0.817. The van der Waals surface area contributed by atoms with E-state index in [0.717, 1.165) is 29.1 Å². The van der Waals surface area contributed by atoms with E-state index >= 15 is 0 Å². The summed E-state index contributed by atoms with van der Waals surface area (Å²) in [4.78, 5) is 13.7. The van der Waals surface area contributed by atoms with Gasteiger partial charge in [0, 0.05) is 23.5 Å². The Morgan fingerprint density at radius 3 is 2.33 bits per heavy atom. The van der Waals surface area contributed by atoms with Crippen molar-refractivity contribution in [1.29, 1.82) is 0 Å². The molecule has 0 amide bonds. The van der Waals surface area contributed by atoms with E-state index in [1.165, 1.54) is 27.1 Å². The van der Waals surface area contributed by atoms with Crippen molar-refractivity contribution in [3.05, 3.63) is 75.9 Å². The molecule has 4 aromatic rings. The van der Waals surface area contributed by atoms with Crippen LogP contribution in [0, 0.1) is 6.92 Å². The Hall–Kier alpha value is -2.43. The van der Waals surface area contributed by atoms with Crippen molar-refractivity contribution >= 4 is 39.0 Å². The average Bonchev–Trinajstić information content (AvgIpc) is 3.07. The van der Waals surface area contributed by atoms with Gasteiger partial charge in [-0.25, -0.2) is 4.98 Å². The Morgan fingerprint density at radius 2 is 1.70 bits per heavy atom. The summed E-state index contributed by atoms with van der Waals surface area (Å²) in [6, 6.07) is 19.4. The quantitative estimate of drug-likeness (QED) is 0.294. The molecule has 0 unspecified atom stereocenters. The van der Waals surface area contributed by atoms with Crippen molar-refractivity contribution in [2.24, 2.45) is 0 Å². The highest BCUT2D eigenvalue weighted by atomic mass is 35.5. The summed E-state index contributed by atoms with van der Waals surface area (Å²) in [5.74, 6) is 1.42. The largest absolute Gasteiger partial charge is 0.352 e. The van der Waals surface area contributed by atoms with Crippen LogP contribution in [0.15, 0.2) is 54.6 Å². The topological polar surface area (TPSA) is 29.0 Å². The van der Waals surface area contributed by atoms with Gasteiger partial charge < -0.3 is 4.90 Å². The first-order valence-corrected chi connectivity index (χ1v) is 11.5. The first-order valence-electron chi connectivity index (χ1n) is 10.3. The van der Waals surface area contributed by atoms with E-state index in [0.29, 0.717) is 11.2 Å². The standard InChI is InChI=1S/C25H26ClN3S/c1-5-29(15-18-9-7-6-8-10-18)23-22-21(17(4)30-24(22)28-25(26)27-23)20-13-11-19(12-14-20)16(2)3/h6-14,16H,5,15H2,1-4H3. The zero-order valence-corrected chi connectivity index (χ0v) is 19.4. The summed E-state index contributed by atoms with van der Waals surface area (Å²) >= 11 is 8.03. The number of anilines is 1. The van der Waals surface area contributed by atoms with Crippen LogP contribution in [-0.4, -0.2) is 16.5 Å². The van der Waals surface area contributed by atoms with Crippen LogP contribution in [-0.2, 0) is 6.54 Å². The van der Waals surface area contributed by atoms with Gasteiger partial charge >= 0.3 is 0 Å². The molecule has 0 aliphatic carbocycles. The Bertz CT molecular complexity index is 1150. The number of hydrogen-bond donors (Lipinski definition) is 0. The number of hydrogen-bond acceptors (Lipinski definition) is 4. The van der Waals surface area contributed by atoms with Crippen molar-refractivity contribution in [2.75, 3.05) is 11.4 Å². The SMILES string of the molecule is CCN(Cc1ccccc1)c1nc(Cl)nc2sc(C)c(-c3ccc(C(C)C)cc3)c12. The fourth-order valence-electron chi connectivity index (χ4n) is 3.82. The van der Waals surface area contributed by atoms with E-state index in [1.54, 1.807) is 11.3 Å². The lowest BCUT2D eigenvalue weighted by Gasteiger charge is -2.23. The molecule has 0 N–H and O–H groups in total. The fourth-order valence-corrected chi connectivity index (χ4v) is 5.07. The Morgan fingerprint density at radius 1 is 1.00 bits per heavy atom. The Labute approximate surface area is 187 Å². The molecule has 154 valence electrons. The molecular formula is C25H26ClN3S. The van der Waals surface area contributed by atoms with E-state index in [-0.39, 0.29) is 0 Å². The number of nitrogens with zero attached hydrogens (tertiary/aromatic N) is 3. The monoisotopic (exact) mass is 435 g/mol. The minimum Gasteiger partial charge on any atom is -0.352 e. The van der Waals surface area contributed by atoms with Gasteiger partial charge in [0.2, 0.25) is 5.28 Å². The molecule has 2 heterocycles. The third-order valence-electron chi connectivity index (χ3n) is 5.44. The molecule has 0 saturated carbocycles. The van der Waals surface area contributed by atoms with Crippen LogP contribution in [0.2, 0.25) is 5.28 Å². The number of thiophene rings is 1. The summed E-state index contributed by atoms with van der Waals surface area (Å²) in [5, 5.41) is 1.39. The highest BCUT2D eigenvalue weighted by Crippen LogP contribution is 2.42. The predicted molar refractivity (Wildman–Crippen MR) is 130 cm³/mol. The van der Waals surface area contributed by atoms with Gasteiger partial charge in [-0.2, -0.15) is 4.98 Å². The first-order chi connectivity index (χ1) is 14.5. The molecule has 0 fully saturated rings. The third-order valence-corrected chi connectivity index (χ3v) is 6.61. The highest BCUT2D eigenvalue weighted by molar-refractivity contribution is 7.19. The molecule has 3 nitrogen and oxygen atoms in total. The van der Waals surface area contributed by atoms with Gasteiger partial charge in [-0.3, -0.25) is 0 Å². The molecule has 30 heavy (non-hydrogen) atoms. The van der Waals surface area contributed by atoms with Crippen LogP contribution in [0.1, 0.15) is 42.7 Å². The molecule has 0 saturated heterocycles. The van der Waals surface area contributed by atoms with Crippen LogP contribution in [0.5, 0.6) is 0 Å². The second-order valence-corrected chi connectivity index (χ2v) is 9.35. The smallest absolute Gasteiger partial charge is 0.225 e. The average molecular weight is 436 g/mol. The van der Waals surface area contributed by atoms with Crippen LogP contribution >= 0.6 is 22.9 Å². The zero-order valence-electron chi connectivity index (χ0n) is 17.8. The van der Waals surface area contributed by atoms with Crippen molar-refractivity contribution < 1.29 is 0 Å². The van der Waals surface area contributed by atoms with E-state index in [9.17, 15) is 0 Å². The normalized spacial score (nSPS) is 11.4. The number of rotatable bonds is 6. The molecule has 0 radical (unpaired) electrons. The third kappa shape index (κ3) is 4.07. The molecular weight excluding hydrogens is 410 g/mol. The van der Waals surface area contributed by atoms with Crippen molar-refractivity contribution in [2.45, 2.75) is 40.2 Å². The van der Waals surface area contributed by atoms with Gasteiger partial charge in [0.25, 0.3) is 0 Å². The minimum atomic E-state index is 0.298. The number of halogens is 1. The van der Waals surface area contributed by atoms with Gasteiger partial charge in [-0.1, -0.05) is 68.4 Å². The molecule has 2 aromatic carbocycles. The lowest BCUT2D eigenvalue weighted by Crippen LogP contribution is -2.23. The summed E-state index contributed by atoms with van der Waals surface area (Å²) < 4.78 is 0. The van der Waals surface area contributed by atoms with Crippen LogP contribution in [0.3, 0.4) is 0 Å². The second kappa shape index (κ2) is 8.75. The molecule has 2 aromatic heterocycles. The maximum Gasteiger partial charge on any atom is 0.225 e. The minimum absolute atomic E-state index is 0.298. The van der Waals surface area contributed by atoms with Gasteiger partial charge in [0.05, 0.1) is 5.39 Å². The lowest BCUT2D eigenvalue weighted by atomic mass is 9.97. The van der Waals surface area contributed by atoms with E-state index in [1.807, 2.05) is 6.07 Å². The van der Waals surface area contributed by atoms with Crippen LogP contribution in [0.4, 0.5) is 5.82 Å². The molecule has 5 heteroatoms. The van der Waals surface area contributed by atoms with E-state index in [2.05, 4.69) is 86.1 Å². The molecule has 0 bridgehead atoms. The molecule has 0 aliphatic heterocycles. The van der Waals surface area contributed by atoms with Gasteiger partial charge in [-0.15, -0.1) is 11.3 Å². The summed E-state index contributed by atoms with van der Waals surface area (Å²) in [7, 11) is 0. The highest BCUT2D eigenvalue weighted by Gasteiger charge is 2.21. The van der Waals surface area contributed by atoms with Crippen molar-refractivity contribution in [3.8, 4) is 11.1 Å². The van der Waals surface area contributed by atoms with E-state index < -0.39 is 0 Å². The van der Waals surface area contributed by atoms with Crippen LogP contribution in [0.25, 0.3) is 21.3 Å². The van der Waals surface area contributed by atoms with E-state index in [4.69, 9.17) is 16.6 Å². The van der Waals surface area contributed by atoms with Gasteiger partial charge in [0.15, 0.2) is 0 Å². The predicted octanol–water partition coefficient (Wildman–Crippen LogP) is 7.47. The van der Waals surface area contributed by atoms with Crippen molar-refractivity contribution in [1.82, 2.24) is 9.97 Å². The Kier molecular flexibility index (Phi) is 6.07. The number of fused-ring (bicyclic) bond motifs is 1. The summed E-state index contributed by atoms with van der Waals surface area (Å²) in [5.41, 5.74) is 5.00. The van der Waals surface area contributed by atoms with Crippen LogP contribution < -0.4 is 4.90 Å². The maximum absolute atomic E-state index is 6.35. The fraction of sp³-hybridized carbons (Fsp3) is 0.280. The number of benzene rings is 2. The Balaban J connectivity index is 1.87. The van der Waals surface area contributed by atoms with Gasteiger partial charge in [0.1, 0.15) is 10.6 Å². The molecule has 0 atom stereocenters. The number of aryl methyl sites for hydroxylation is 1. The zero-order chi connectivity index (χ0) is 21.3. The maximum atomic E-state index is 6.35. The summed E-state index contributed by atoms with van der Waals surface area (Å²) in [6.45, 7) is 10.4. The molecule has 0 spiro atoms. The second-order valence-electron chi connectivity index (χ2n) is 7.81. The van der Waals surface area contributed by atoms with Crippen molar-refractivity contribution in [3.63, 3.8) is 0 Å². The number of aromatic nitrogens is 2. The molecule has 4 rings (SSSR count). The molecule has 0 aliphatic rings.